The largest absolute Gasteiger partial charge is 0.383 e. The van der Waals surface area contributed by atoms with E-state index in [0.717, 1.165) is 19.3 Å². The summed E-state index contributed by atoms with van der Waals surface area (Å²) in [6.45, 7) is 2.60. The smallest absolute Gasteiger partial charge is 0.272 e. The topological polar surface area (TPSA) is 71.1 Å². The molecular weight excluding hydrogens is 347 g/mol. The SMILES string of the molecule is COCC1CCCC(C)N1c1nc(-c2ccnc(F)c2)[nH]c(=O)c1Cl. The Kier molecular flexibility index (Phi) is 5.34. The molecule has 0 spiro atoms. The summed E-state index contributed by atoms with van der Waals surface area (Å²) >= 11 is 6.27. The quantitative estimate of drug-likeness (QED) is 0.842. The molecule has 0 radical (unpaired) electrons. The van der Waals surface area contributed by atoms with E-state index in [1.54, 1.807) is 13.2 Å². The molecule has 2 aromatic rings. The molecule has 3 rings (SSSR count). The molecule has 6 nitrogen and oxygen atoms in total. The maximum Gasteiger partial charge on any atom is 0.272 e. The lowest BCUT2D eigenvalue weighted by atomic mass is 9.97. The van der Waals surface area contributed by atoms with Crippen LogP contribution >= 0.6 is 11.6 Å². The standard InChI is InChI=1S/C17H20ClFN4O2/c1-10-4-3-5-12(9-25-2)23(10)16-14(18)17(24)22-15(21-16)11-6-7-20-13(19)8-11/h6-8,10,12H,3-5,9H2,1-2H3,(H,21,22,24). The van der Waals surface area contributed by atoms with Crippen molar-refractivity contribution >= 4 is 17.4 Å². The van der Waals surface area contributed by atoms with Crippen molar-refractivity contribution in [2.75, 3.05) is 18.6 Å². The molecule has 8 heteroatoms. The van der Waals surface area contributed by atoms with Crippen LogP contribution in [0.3, 0.4) is 0 Å². The molecule has 0 saturated carbocycles. The van der Waals surface area contributed by atoms with Crippen molar-refractivity contribution in [3.05, 3.63) is 39.7 Å². The number of nitrogens with zero attached hydrogens (tertiary/aromatic N) is 3. The molecule has 1 saturated heterocycles. The molecular formula is C17H20ClFN4O2. The van der Waals surface area contributed by atoms with Crippen LogP contribution in [-0.2, 0) is 4.74 Å². The number of nitrogens with one attached hydrogen (secondary N) is 1. The second-order valence-electron chi connectivity index (χ2n) is 6.22. The van der Waals surface area contributed by atoms with Crippen LogP contribution in [0.5, 0.6) is 0 Å². The fourth-order valence-electron chi connectivity index (χ4n) is 3.33. The van der Waals surface area contributed by atoms with Gasteiger partial charge in [-0.05, 0) is 32.3 Å². The number of aromatic nitrogens is 3. The van der Waals surface area contributed by atoms with Gasteiger partial charge in [-0.25, -0.2) is 9.97 Å². The third-order valence-corrected chi connectivity index (χ3v) is 4.82. The zero-order valence-corrected chi connectivity index (χ0v) is 14.9. The number of hydrogen-bond acceptors (Lipinski definition) is 5. The van der Waals surface area contributed by atoms with Crippen molar-refractivity contribution in [3.8, 4) is 11.4 Å². The fourth-order valence-corrected chi connectivity index (χ4v) is 3.52. The zero-order valence-electron chi connectivity index (χ0n) is 14.1. The Morgan fingerprint density at radius 2 is 2.28 bits per heavy atom. The Labute approximate surface area is 150 Å². The van der Waals surface area contributed by atoms with Gasteiger partial charge in [-0.1, -0.05) is 11.6 Å². The van der Waals surface area contributed by atoms with Gasteiger partial charge in [0, 0.05) is 31.0 Å². The van der Waals surface area contributed by atoms with Crippen LogP contribution in [0.25, 0.3) is 11.4 Å². The maximum absolute atomic E-state index is 13.4. The molecule has 0 amide bonds. The van der Waals surface area contributed by atoms with E-state index in [4.69, 9.17) is 16.3 Å². The van der Waals surface area contributed by atoms with Gasteiger partial charge in [0.2, 0.25) is 5.95 Å². The monoisotopic (exact) mass is 366 g/mol. The zero-order chi connectivity index (χ0) is 18.0. The average molecular weight is 367 g/mol. The van der Waals surface area contributed by atoms with Crippen LogP contribution < -0.4 is 10.5 Å². The number of halogens is 2. The van der Waals surface area contributed by atoms with E-state index in [9.17, 15) is 9.18 Å². The molecule has 134 valence electrons. The minimum Gasteiger partial charge on any atom is -0.383 e. The Morgan fingerprint density at radius 3 is 3.00 bits per heavy atom. The minimum atomic E-state index is -0.639. The molecule has 2 unspecified atom stereocenters. The number of hydrogen-bond donors (Lipinski definition) is 1. The van der Waals surface area contributed by atoms with Crippen molar-refractivity contribution in [1.29, 1.82) is 0 Å². The number of ether oxygens (including phenoxy) is 1. The number of pyridine rings is 1. The molecule has 2 atom stereocenters. The molecule has 1 aliphatic heterocycles. The summed E-state index contributed by atoms with van der Waals surface area (Å²) in [4.78, 5) is 25.1. The first kappa shape index (κ1) is 17.8. The summed E-state index contributed by atoms with van der Waals surface area (Å²) in [5.74, 6) is 0.0341. The fraction of sp³-hybridized carbons (Fsp3) is 0.471. The van der Waals surface area contributed by atoms with Crippen LogP contribution in [-0.4, -0.2) is 40.8 Å². The number of aromatic amines is 1. The van der Waals surface area contributed by atoms with Gasteiger partial charge in [0.15, 0.2) is 5.82 Å². The van der Waals surface area contributed by atoms with Crippen LogP contribution in [0.2, 0.25) is 5.02 Å². The molecule has 0 aliphatic carbocycles. The van der Waals surface area contributed by atoms with Crippen molar-refractivity contribution in [2.45, 2.75) is 38.3 Å². The number of H-pyrrole nitrogens is 1. The molecule has 1 N–H and O–H groups in total. The van der Waals surface area contributed by atoms with E-state index >= 15 is 0 Å². The lowest BCUT2D eigenvalue weighted by molar-refractivity contribution is 0.160. The van der Waals surface area contributed by atoms with E-state index in [1.807, 2.05) is 4.90 Å². The number of anilines is 1. The van der Waals surface area contributed by atoms with E-state index in [0.29, 0.717) is 18.0 Å². The van der Waals surface area contributed by atoms with E-state index < -0.39 is 11.5 Å². The Hall–Kier alpha value is -1.99. The predicted octanol–water partition coefficient (Wildman–Crippen LogP) is 3.02. The van der Waals surface area contributed by atoms with Crippen molar-refractivity contribution in [1.82, 2.24) is 15.0 Å². The summed E-state index contributed by atoms with van der Waals surface area (Å²) < 4.78 is 18.8. The van der Waals surface area contributed by atoms with Crippen LogP contribution in [0.15, 0.2) is 23.1 Å². The van der Waals surface area contributed by atoms with Gasteiger partial charge in [-0.15, -0.1) is 0 Å². The Bertz CT molecular complexity index is 811. The van der Waals surface area contributed by atoms with E-state index in [-0.39, 0.29) is 22.9 Å². The van der Waals surface area contributed by atoms with Gasteiger partial charge < -0.3 is 14.6 Å². The predicted molar refractivity (Wildman–Crippen MR) is 94.5 cm³/mol. The summed E-state index contributed by atoms with van der Waals surface area (Å²) in [6, 6.07) is 3.07. The average Bonchev–Trinajstić information content (AvgIpc) is 2.58. The molecule has 0 aromatic carbocycles. The van der Waals surface area contributed by atoms with E-state index in [2.05, 4.69) is 21.9 Å². The van der Waals surface area contributed by atoms with Gasteiger partial charge in [0.1, 0.15) is 10.8 Å². The third-order valence-electron chi connectivity index (χ3n) is 4.48. The van der Waals surface area contributed by atoms with Crippen molar-refractivity contribution < 1.29 is 9.13 Å². The highest BCUT2D eigenvalue weighted by Gasteiger charge is 2.31. The second kappa shape index (κ2) is 7.49. The summed E-state index contributed by atoms with van der Waals surface area (Å²) in [5.41, 5.74) is -0.0108. The second-order valence-corrected chi connectivity index (χ2v) is 6.59. The normalized spacial score (nSPS) is 20.7. The molecule has 25 heavy (non-hydrogen) atoms. The number of piperidine rings is 1. The summed E-state index contributed by atoms with van der Waals surface area (Å²) in [6.07, 6.45) is 4.32. The lowest BCUT2D eigenvalue weighted by Gasteiger charge is -2.41. The van der Waals surface area contributed by atoms with Gasteiger partial charge in [-0.2, -0.15) is 4.39 Å². The van der Waals surface area contributed by atoms with E-state index in [1.165, 1.54) is 12.3 Å². The van der Waals surface area contributed by atoms with Gasteiger partial charge in [0.25, 0.3) is 5.56 Å². The van der Waals surface area contributed by atoms with Crippen molar-refractivity contribution in [2.24, 2.45) is 0 Å². The highest BCUT2D eigenvalue weighted by molar-refractivity contribution is 6.32. The Balaban J connectivity index is 2.10. The van der Waals surface area contributed by atoms with Crippen LogP contribution in [0.4, 0.5) is 10.2 Å². The first-order chi connectivity index (χ1) is 12.0. The molecule has 1 fully saturated rings. The maximum atomic E-state index is 13.4. The third kappa shape index (κ3) is 3.67. The van der Waals surface area contributed by atoms with Crippen LogP contribution in [0, 0.1) is 5.95 Å². The first-order valence-corrected chi connectivity index (χ1v) is 8.58. The molecule has 0 bridgehead atoms. The number of methoxy groups -OCH3 is 1. The number of rotatable bonds is 4. The highest BCUT2D eigenvalue weighted by Crippen LogP contribution is 2.32. The molecule has 2 aromatic heterocycles. The van der Waals surface area contributed by atoms with Crippen molar-refractivity contribution in [3.63, 3.8) is 0 Å². The summed E-state index contributed by atoms with van der Waals surface area (Å²) in [5, 5.41) is 0.0353. The highest BCUT2D eigenvalue weighted by atomic mass is 35.5. The minimum absolute atomic E-state index is 0.0353. The Morgan fingerprint density at radius 1 is 1.48 bits per heavy atom. The molecule has 1 aliphatic rings. The van der Waals surface area contributed by atoms with Crippen LogP contribution in [0.1, 0.15) is 26.2 Å². The van der Waals surface area contributed by atoms with Gasteiger partial charge in [0.05, 0.1) is 12.6 Å². The first-order valence-electron chi connectivity index (χ1n) is 8.20. The summed E-state index contributed by atoms with van der Waals surface area (Å²) in [7, 11) is 1.65. The van der Waals surface area contributed by atoms with Gasteiger partial charge >= 0.3 is 0 Å². The lowest BCUT2D eigenvalue weighted by Crippen LogP contribution is -2.48. The van der Waals surface area contributed by atoms with Gasteiger partial charge in [-0.3, -0.25) is 4.79 Å². The molecule has 3 heterocycles.